The lowest BCUT2D eigenvalue weighted by atomic mass is 9.99. The Morgan fingerprint density at radius 3 is 2.59 bits per heavy atom. The molecule has 0 spiro atoms. The van der Waals surface area contributed by atoms with Crippen LogP contribution in [0.3, 0.4) is 0 Å². The first-order valence-corrected chi connectivity index (χ1v) is 6.59. The summed E-state index contributed by atoms with van der Waals surface area (Å²) in [5.41, 5.74) is 0.0926. The molecule has 1 N–H and O–H groups in total. The van der Waals surface area contributed by atoms with Crippen molar-refractivity contribution >= 4 is 5.91 Å². The summed E-state index contributed by atoms with van der Waals surface area (Å²) in [4.78, 5) is 16.5. The minimum Gasteiger partial charge on any atom is -0.340 e. The van der Waals surface area contributed by atoms with Crippen LogP contribution in [0.5, 0.6) is 0 Å². The molecule has 0 bridgehead atoms. The fraction of sp³-hybridized carbons (Fsp3) is 0.923. The predicted octanol–water partition coefficient (Wildman–Crippen LogP) is 0.927. The highest BCUT2D eigenvalue weighted by Crippen LogP contribution is 2.19. The van der Waals surface area contributed by atoms with Crippen LogP contribution in [-0.2, 0) is 4.79 Å². The highest BCUT2D eigenvalue weighted by Gasteiger charge is 2.33. The summed E-state index contributed by atoms with van der Waals surface area (Å²) >= 11 is 0. The van der Waals surface area contributed by atoms with E-state index in [2.05, 4.69) is 45.0 Å². The molecule has 4 nitrogen and oxygen atoms in total. The topological polar surface area (TPSA) is 35.6 Å². The molecule has 1 fully saturated rings. The van der Waals surface area contributed by atoms with E-state index in [1.165, 1.54) is 0 Å². The summed E-state index contributed by atoms with van der Waals surface area (Å²) in [6.45, 7) is 12.1. The fourth-order valence-corrected chi connectivity index (χ4v) is 2.26. The van der Waals surface area contributed by atoms with E-state index in [0.29, 0.717) is 6.42 Å². The van der Waals surface area contributed by atoms with Crippen LogP contribution in [0.25, 0.3) is 0 Å². The molecule has 1 aliphatic heterocycles. The number of rotatable bonds is 4. The lowest BCUT2D eigenvalue weighted by Crippen LogP contribution is -2.59. The van der Waals surface area contributed by atoms with Gasteiger partial charge in [0.05, 0.1) is 0 Å². The van der Waals surface area contributed by atoms with Crippen LogP contribution >= 0.6 is 0 Å². The molecular formula is C13H27N3O. The van der Waals surface area contributed by atoms with Gasteiger partial charge in [-0.1, -0.05) is 6.92 Å². The third-order valence-electron chi connectivity index (χ3n) is 3.70. The van der Waals surface area contributed by atoms with Gasteiger partial charge in [-0.05, 0) is 34.4 Å². The molecule has 17 heavy (non-hydrogen) atoms. The first kappa shape index (κ1) is 14.5. The van der Waals surface area contributed by atoms with Crippen LogP contribution in [-0.4, -0.2) is 60.5 Å². The maximum Gasteiger partial charge on any atom is 0.224 e. The zero-order chi connectivity index (χ0) is 13.1. The summed E-state index contributed by atoms with van der Waals surface area (Å²) < 4.78 is 0. The SMILES string of the molecule is CCNC(C)CC(=O)N1CCN(C)C(C)(C)C1. The van der Waals surface area contributed by atoms with Crippen molar-refractivity contribution in [3.05, 3.63) is 0 Å². The Hall–Kier alpha value is -0.610. The molecule has 1 rings (SSSR count). The van der Waals surface area contributed by atoms with E-state index in [4.69, 9.17) is 0 Å². The largest absolute Gasteiger partial charge is 0.340 e. The van der Waals surface area contributed by atoms with Crippen LogP contribution in [0, 0.1) is 0 Å². The molecule has 4 heteroatoms. The van der Waals surface area contributed by atoms with Crippen molar-refractivity contribution in [1.82, 2.24) is 15.1 Å². The van der Waals surface area contributed by atoms with Crippen molar-refractivity contribution in [3.8, 4) is 0 Å². The Morgan fingerprint density at radius 1 is 1.41 bits per heavy atom. The lowest BCUT2D eigenvalue weighted by molar-refractivity contribution is -0.136. The molecule has 0 aliphatic carbocycles. The molecule has 1 amide bonds. The van der Waals surface area contributed by atoms with E-state index in [1.54, 1.807) is 0 Å². The van der Waals surface area contributed by atoms with Crippen molar-refractivity contribution in [3.63, 3.8) is 0 Å². The van der Waals surface area contributed by atoms with Crippen molar-refractivity contribution in [2.45, 2.75) is 45.7 Å². The number of amides is 1. The van der Waals surface area contributed by atoms with Gasteiger partial charge < -0.3 is 10.2 Å². The van der Waals surface area contributed by atoms with Crippen LogP contribution in [0.2, 0.25) is 0 Å². The number of hydrogen-bond donors (Lipinski definition) is 1. The molecule has 0 aromatic carbocycles. The first-order valence-electron chi connectivity index (χ1n) is 6.59. The van der Waals surface area contributed by atoms with Gasteiger partial charge in [0, 0.05) is 37.6 Å². The van der Waals surface area contributed by atoms with E-state index in [1.807, 2.05) is 4.90 Å². The molecule has 100 valence electrons. The number of nitrogens with one attached hydrogen (secondary N) is 1. The maximum absolute atomic E-state index is 12.1. The normalized spacial score (nSPS) is 22.5. The molecular weight excluding hydrogens is 214 g/mol. The fourth-order valence-electron chi connectivity index (χ4n) is 2.26. The van der Waals surface area contributed by atoms with Gasteiger partial charge in [-0.15, -0.1) is 0 Å². The minimum absolute atomic E-state index is 0.0926. The monoisotopic (exact) mass is 241 g/mol. The minimum atomic E-state index is 0.0926. The zero-order valence-corrected chi connectivity index (χ0v) is 11.9. The number of likely N-dealkylation sites (N-methyl/N-ethyl adjacent to an activating group) is 1. The van der Waals surface area contributed by atoms with Gasteiger partial charge in [0.1, 0.15) is 0 Å². The van der Waals surface area contributed by atoms with E-state index in [0.717, 1.165) is 26.2 Å². The van der Waals surface area contributed by atoms with E-state index < -0.39 is 0 Å². The Labute approximate surface area is 105 Å². The highest BCUT2D eigenvalue weighted by atomic mass is 16.2. The highest BCUT2D eigenvalue weighted by molar-refractivity contribution is 5.77. The van der Waals surface area contributed by atoms with Crippen LogP contribution in [0.15, 0.2) is 0 Å². The van der Waals surface area contributed by atoms with Gasteiger partial charge in [-0.25, -0.2) is 0 Å². The quantitative estimate of drug-likeness (QED) is 0.795. The lowest BCUT2D eigenvalue weighted by Gasteiger charge is -2.45. The molecule has 1 aliphatic rings. The van der Waals surface area contributed by atoms with Crippen molar-refractivity contribution in [1.29, 1.82) is 0 Å². The zero-order valence-electron chi connectivity index (χ0n) is 11.9. The number of piperazine rings is 1. The number of hydrogen-bond acceptors (Lipinski definition) is 3. The Bertz CT molecular complexity index is 265. The van der Waals surface area contributed by atoms with E-state index in [-0.39, 0.29) is 17.5 Å². The second-order valence-electron chi connectivity index (χ2n) is 5.71. The van der Waals surface area contributed by atoms with Gasteiger partial charge in [0.15, 0.2) is 0 Å². The number of carbonyl (C=O) groups excluding carboxylic acids is 1. The van der Waals surface area contributed by atoms with E-state index in [9.17, 15) is 4.79 Å². The van der Waals surface area contributed by atoms with E-state index >= 15 is 0 Å². The second kappa shape index (κ2) is 5.83. The summed E-state index contributed by atoms with van der Waals surface area (Å²) in [6, 6.07) is 0.273. The third kappa shape index (κ3) is 3.96. The smallest absolute Gasteiger partial charge is 0.224 e. The van der Waals surface area contributed by atoms with Gasteiger partial charge in [0.2, 0.25) is 5.91 Å². The molecule has 0 radical (unpaired) electrons. The first-order chi connectivity index (χ1) is 7.86. The van der Waals surface area contributed by atoms with Crippen LogP contribution in [0.1, 0.15) is 34.1 Å². The summed E-state index contributed by atoms with van der Waals surface area (Å²) in [6.07, 6.45) is 0.605. The molecule has 0 aromatic rings. The van der Waals surface area contributed by atoms with Gasteiger partial charge in [-0.2, -0.15) is 0 Å². The molecule has 1 unspecified atom stereocenters. The van der Waals surface area contributed by atoms with Crippen molar-refractivity contribution < 1.29 is 4.79 Å². The molecule has 1 heterocycles. The summed E-state index contributed by atoms with van der Waals surface area (Å²) in [5.74, 6) is 0.277. The Morgan fingerprint density at radius 2 is 2.06 bits per heavy atom. The summed E-state index contributed by atoms with van der Waals surface area (Å²) in [7, 11) is 2.13. The number of nitrogens with zero attached hydrogens (tertiary/aromatic N) is 2. The standard InChI is InChI=1S/C13H27N3O/c1-6-14-11(2)9-12(17)16-8-7-15(5)13(3,4)10-16/h11,14H,6-10H2,1-5H3. The van der Waals surface area contributed by atoms with Crippen molar-refractivity contribution in [2.75, 3.05) is 33.2 Å². The van der Waals surface area contributed by atoms with Crippen LogP contribution in [0.4, 0.5) is 0 Å². The average molecular weight is 241 g/mol. The number of carbonyl (C=O) groups is 1. The summed E-state index contributed by atoms with van der Waals surface area (Å²) in [5, 5.41) is 3.29. The molecule has 1 saturated heterocycles. The Kier molecular flexibility index (Phi) is 4.95. The van der Waals surface area contributed by atoms with Crippen molar-refractivity contribution in [2.24, 2.45) is 0 Å². The predicted molar refractivity (Wildman–Crippen MR) is 71.0 cm³/mol. The molecule has 0 saturated carbocycles. The maximum atomic E-state index is 12.1. The second-order valence-corrected chi connectivity index (χ2v) is 5.71. The third-order valence-corrected chi connectivity index (χ3v) is 3.70. The molecule has 0 aromatic heterocycles. The molecule has 1 atom stereocenters. The van der Waals surface area contributed by atoms with Crippen LogP contribution < -0.4 is 5.32 Å². The van der Waals surface area contributed by atoms with Gasteiger partial charge >= 0.3 is 0 Å². The van der Waals surface area contributed by atoms with Gasteiger partial charge in [-0.3, -0.25) is 9.69 Å². The van der Waals surface area contributed by atoms with Gasteiger partial charge in [0.25, 0.3) is 0 Å². The Balaban J connectivity index is 2.48. The average Bonchev–Trinajstić information content (AvgIpc) is 2.22.